The molecule has 3 aromatic rings. The second-order valence-corrected chi connectivity index (χ2v) is 6.27. The number of alkyl halides is 3. The molecule has 0 saturated carbocycles. The number of fused-ring (bicyclic) bond motifs is 1. The second kappa shape index (κ2) is 6.38. The lowest BCUT2D eigenvalue weighted by atomic mass is 10.0. The maximum atomic E-state index is 13.3. The summed E-state index contributed by atoms with van der Waals surface area (Å²) in [4.78, 5) is 4.51. The van der Waals surface area contributed by atoms with Crippen molar-refractivity contribution in [2.75, 3.05) is 5.32 Å². The fourth-order valence-electron chi connectivity index (χ4n) is 2.76. The topological polar surface area (TPSA) is 42.2 Å². The Hall–Kier alpha value is -2.57. The Bertz CT molecular complexity index is 883. The molecule has 0 fully saturated rings. The zero-order chi connectivity index (χ0) is 18.2. The Morgan fingerprint density at radius 1 is 1.08 bits per heavy atom. The standard InChI is InChI=1S/C18H19F3N4/c1-11(2)15-10-17(25-16(24-15)8-9-22-25)23-12(3)13-6-4-5-7-14(13)18(19,20)21/h4-12,23H,1-3H3/t12-/m0/s1. The van der Waals surface area contributed by atoms with Crippen molar-refractivity contribution in [3.05, 3.63) is 59.4 Å². The van der Waals surface area contributed by atoms with Gasteiger partial charge in [-0.1, -0.05) is 32.0 Å². The number of rotatable bonds is 4. The number of nitrogens with zero attached hydrogens (tertiary/aromatic N) is 3. The van der Waals surface area contributed by atoms with Crippen LogP contribution in [0, 0.1) is 0 Å². The first-order valence-electron chi connectivity index (χ1n) is 8.04. The third-order valence-corrected chi connectivity index (χ3v) is 4.07. The van der Waals surface area contributed by atoms with Crippen LogP contribution in [0.1, 0.15) is 49.6 Å². The Labute approximate surface area is 143 Å². The van der Waals surface area contributed by atoms with Crippen LogP contribution in [0.4, 0.5) is 19.0 Å². The molecular weight excluding hydrogens is 329 g/mol. The zero-order valence-corrected chi connectivity index (χ0v) is 14.2. The Kier molecular flexibility index (Phi) is 4.41. The summed E-state index contributed by atoms with van der Waals surface area (Å²) in [7, 11) is 0. The van der Waals surface area contributed by atoms with Crippen molar-refractivity contribution in [3.8, 4) is 0 Å². The lowest BCUT2D eigenvalue weighted by Gasteiger charge is -2.21. The van der Waals surface area contributed by atoms with Gasteiger partial charge in [0.05, 0.1) is 17.8 Å². The van der Waals surface area contributed by atoms with Crippen LogP contribution in [0.3, 0.4) is 0 Å². The molecule has 25 heavy (non-hydrogen) atoms. The average molecular weight is 348 g/mol. The number of aromatic nitrogens is 3. The van der Waals surface area contributed by atoms with Crippen LogP contribution >= 0.6 is 0 Å². The van der Waals surface area contributed by atoms with Crippen molar-refractivity contribution in [3.63, 3.8) is 0 Å². The van der Waals surface area contributed by atoms with Crippen LogP contribution in [0.25, 0.3) is 5.65 Å². The smallest absolute Gasteiger partial charge is 0.363 e. The molecule has 0 unspecified atom stereocenters. The number of anilines is 1. The van der Waals surface area contributed by atoms with Crippen LogP contribution in [0.15, 0.2) is 42.6 Å². The number of nitrogens with one attached hydrogen (secondary N) is 1. The van der Waals surface area contributed by atoms with E-state index in [-0.39, 0.29) is 11.5 Å². The summed E-state index contributed by atoms with van der Waals surface area (Å²) >= 11 is 0. The summed E-state index contributed by atoms with van der Waals surface area (Å²) in [5.74, 6) is 0.807. The second-order valence-electron chi connectivity index (χ2n) is 6.27. The van der Waals surface area contributed by atoms with E-state index in [1.54, 1.807) is 29.8 Å². The van der Waals surface area contributed by atoms with E-state index in [9.17, 15) is 13.2 Å². The minimum Gasteiger partial charge on any atom is -0.363 e. The molecule has 0 aliphatic carbocycles. The maximum absolute atomic E-state index is 13.3. The lowest BCUT2D eigenvalue weighted by Crippen LogP contribution is -2.17. The fraction of sp³-hybridized carbons (Fsp3) is 0.333. The molecule has 0 amide bonds. The van der Waals surface area contributed by atoms with Gasteiger partial charge in [0, 0.05) is 17.8 Å². The lowest BCUT2D eigenvalue weighted by molar-refractivity contribution is -0.138. The first-order chi connectivity index (χ1) is 11.8. The van der Waals surface area contributed by atoms with Gasteiger partial charge >= 0.3 is 6.18 Å². The molecule has 1 aromatic carbocycles. The Balaban J connectivity index is 2.01. The first kappa shape index (κ1) is 17.3. The van der Waals surface area contributed by atoms with E-state index >= 15 is 0 Å². The molecule has 1 N–H and O–H groups in total. The summed E-state index contributed by atoms with van der Waals surface area (Å²) in [5, 5.41) is 7.36. The minimum absolute atomic E-state index is 0.193. The average Bonchev–Trinajstić information content (AvgIpc) is 3.02. The van der Waals surface area contributed by atoms with Crippen LogP contribution in [-0.4, -0.2) is 14.6 Å². The molecule has 2 heterocycles. The molecule has 7 heteroatoms. The van der Waals surface area contributed by atoms with Gasteiger partial charge < -0.3 is 5.32 Å². The third kappa shape index (κ3) is 3.45. The highest BCUT2D eigenvalue weighted by molar-refractivity contribution is 5.51. The van der Waals surface area contributed by atoms with Gasteiger partial charge in [0.1, 0.15) is 5.82 Å². The summed E-state index contributed by atoms with van der Waals surface area (Å²) < 4.78 is 41.4. The summed E-state index contributed by atoms with van der Waals surface area (Å²) in [6.45, 7) is 5.73. The highest BCUT2D eigenvalue weighted by Crippen LogP contribution is 2.35. The summed E-state index contributed by atoms with van der Waals surface area (Å²) in [5.41, 5.74) is 1.07. The molecule has 0 aliphatic rings. The Morgan fingerprint density at radius 3 is 2.48 bits per heavy atom. The quantitative estimate of drug-likeness (QED) is 0.718. The first-order valence-corrected chi connectivity index (χ1v) is 8.04. The van der Waals surface area contributed by atoms with Crippen LogP contribution in [0.2, 0.25) is 0 Å². The fourth-order valence-corrected chi connectivity index (χ4v) is 2.76. The van der Waals surface area contributed by atoms with Crippen molar-refractivity contribution in [2.45, 2.75) is 38.9 Å². The molecule has 0 bridgehead atoms. The van der Waals surface area contributed by atoms with E-state index < -0.39 is 17.8 Å². The van der Waals surface area contributed by atoms with Gasteiger partial charge in [0.2, 0.25) is 0 Å². The summed E-state index contributed by atoms with van der Waals surface area (Å²) in [6.07, 6.45) is -2.78. The number of halogens is 3. The van der Waals surface area contributed by atoms with Gasteiger partial charge in [-0.3, -0.25) is 0 Å². The molecule has 2 aromatic heterocycles. The number of benzene rings is 1. The van der Waals surface area contributed by atoms with E-state index in [1.807, 2.05) is 19.9 Å². The maximum Gasteiger partial charge on any atom is 0.416 e. The van der Waals surface area contributed by atoms with Crippen LogP contribution < -0.4 is 5.32 Å². The highest BCUT2D eigenvalue weighted by Gasteiger charge is 2.34. The predicted octanol–water partition coefficient (Wildman–Crippen LogP) is 5.04. The highest BCUT2D eigenvalue weighted by atomic mass is 19.4. The monoisotopic (exact) mass is 348 g/mol. The van der Waals surface area contributed by atoms with E-state index in [0.717, 1.165) is 11.8 Å². The van der Waals surface area contributed by atoms with Gasteiger partial charge in [-0.2, -0.15) is 22.8 Å². The predicted molar refractivity (Wildman–Crippen MR) is 90.6 cm³/mol. The molecular formula is C18H19F3N4. The third-order valence-electron chi connectivity index (χ3n) is 4.07. The van der Waals surface area contributed by atoms with Gasteiger partial charge in [-0.05, 0) is 24.5 Å². The van der Waals surface area contributed by atoms with Crippen molar-refractivity contribution < 1.29 is 13.2 Å². The molecule has 1 atom stereocenters. The number of hydrogen-bond acceptors (Lipinski definition) is 3. The Morgan fingerprint density at radius 2 is 1.80 bits per heavy atom. The normalized spacial score (nSPS) is 13.4. The molecule has 0 saturated heterocycles. The van der Waals surface area contributed by atoms with Crippen molar-refractivity contribution in [1.29, 1.82) is 0 Å². The molecule has 132 valence electrons. The minimum atomic E-state index is -4.39. The van der Waals surface area contributed by atoms with E-state index in [4.69, 9.17) is 0 Å². The number of hydrogen-bond donors (Lipinski definition) is 1. The van der Waals surface area contributed by atoms with Crippen molar-refractivity contribution >= 4 is 11.5 Å². The summed E-state index contributed by atoms with van der Waals surface area (Å²) in [6, 6.07) is 8.65. The van der Waals surface area contributed by atoms with Gasteiger partial charge in [-0.25, -0.2) is 4.98 Å². The van der Waals surface area contributed by atoms with E-state index in [2.05, 4.69) is 15.4 Å². The van der Waals surface area contributed by atoms with E-state index in [0.29, 0.717) is 11.5 Å². The molecule has 0 aliphatic heterocycles. The van der Waals surface area contributed by atoms with Crippen molar-refractivity contribution in [2.24, 2.45) is 0 Å². The largest absolute Gasteiger partial charge is 0.416 e. The SMILES string of the molecule is CC(C)c1cc(N[C@@H](C)c2ccccc2C(F)(F)F)n2nccc2n1. The van der Waals surface area contributed by atoms with Gasteiger partial charge in [0.25, 0.3) is 0 Å². The van der Waals surface area contributed by atoms with Crippen LogP contribution in [-0.2, 0) is 6.18 Å². The molecule has 4 nitrogen and oxygen atoms in total. The van der Waals surface area contributed by atoms with Gasteiger partial charge in [0.15, 0.2) is 5.65 Å². The molecule has 3 rings (SSSR count). The molecule has 0 radical (unpaired) electrons. The van der Waals surface area contributed by atoms with E-state index in [1.165, 1.54) is 12.1 Å². The molecule has 0 spiro atoms. The van der Waals surface area contributed by atoms with Crippen molar-refractivity contribution in [1.82, 2.24) is 14.6 Å². The van der Waals surface area contributed by atoms with Gasteiger partial charge in [-0.15, -0.1) is 0 Å². The zero-order valence-electron chi connectivity index (χ0n) is 14.2. The van der Waals surface area contributed by atoms with Crippen LogP contribution in [0.5, 0.6) is 0 Å².